The van der Waals surface area contributed by atoms with Crippen LogP contribution in [0.2, 0.25) is 0 Å². The largest absolute Gasteiger partial charge is 0.474 e. The average molecular weight is 628 g/mol. The summed E-state index contributed by atoms with van der Waals surface area (Å²) in [5.41, 5.74) is 0.964. The monoisotopic (exact) mass is 627 g/mol. The van der Waals surface area contributed by atoms with E-state index in [2.05, 4.69) is 15.3 Å². The van der Waals surface area contributed by atoms with E-state index in [1.54, 1.807) is 30.3 Å². The van der Waals surface area contributed by atoms with Gasteiger partial charge in [0.05, 0.1) is 30.9 Å². The third-order valence-electron chi connectivity index (χ3n) is 8.62. The lowest BCUT2D eigenvalue weighted by Crippen LogP contribution is -2.46. The summed E-state index contributed by atoms with van der Waals surface area (Å²) in [5, 5.41) is 2.71. The van der Waals surface area contributed by atoms with Crippen LogP contribution in [0.3, 0.4) is 0 Å². The molecule has 2 amide bonds. The highest BCUT2D eigenvalue weighted by atomic mass is 19.3. The number of likely N-dealkylation sites (tertiary alicyclic amines) is 1. The van der Waals surface area contributed by atoms with Gasteiger partial charge in [-0.3, -0.25) is 9.36 Å². The highest BCUT2D eigenvalue weighted by molar-refractivity contribution is 5.87. The summed E-state index contributed by atoms with van der Waals surface area (Å²) in [4.78, 5) is 42.5. The third kappa shape index (κ3) is 6.95. The van der Waals surface area contributed by atoms with Gasteiger partial charge in [-0.15, -0.1) is 0 Å². The fraction of sp³-hybridized carbons (Fsp3) is 0.581. The van der Waals surface area contributed by atoms with Gasteiger partial charge in [0, 0.05) is 31.7 Å². The summed E-state index contributed by atoms with van der Waals surface area (Å²) in [5.74, 6) is 0.461. The standard InChI is InChI=1S/C31H39F2N7O5/c1-2-3-16-44-31(42)35-23-12-13-39(29(23)41)20-8-10-21(11-9-20)45-26-19-25(36-30(37-26)38-14-17-43-18-15-38)40-24-7-5-4-6-22(24)34-28(40)27(32)33/h4-7,19-21,23,27H,2-3,8-18H2,1H3,(H,35,42)/t20-,21-,23-/m1/s1. The smallest absolute Gasteiger partial charge is 0.407 e. The SMILES string of the molecule is CCCCOC(=O)N[C@@H]1CCN([C@H]2CC[C@H](Oc3cc(-n4c(C(F)F)nc5ccccc54)nc(N4CCOCC4)n3)CC2)C1=O. The number of para-hydroxylation sites is 2. The number of alkyl carbamates (subject to hydrolysis) is 1. The van der Waals surface area contributed by atoms with Crippen LogP contribution in [0.5, 0.6) is 5.88 Å². The van der Waals surface area contributed by atoms with Gasteiger partial charge in [0.2, 0.25) is 17.7 Å². The van der Waals surface area contributed by atoms with E-state index in [0.717, 1.165) is 25.7 Å². The maximum absolute atomic E-state index is 14.2. The number of rotatable bonds is 10. The van der Waals surface area contributed by atoms with Crippen molar-refractivity contribution in [3.05, 3.63) is 36.2 Å². The Morgan fingerprint density at radius 3 is 2.60 bits per heavy atom. The van der Waals surface area contributed by atoms with E-state index in [1.165, 1.54) is 4.57 Å². The number of amides is 2. The molecule has 45 heavy (non-hydrogen) atoms. The van der Waals surface area contributed by atoms with Crippen molar-refractivity contribution in [3.8, 4) is 11.7 Å². The lowest BCUT2D eigenvalue weighted by Gasteiger charge is -2.34. The van der Waals surface area contributed by atoms with E-state index in [9.17, 15) is 18.4 Å². The minimum Gasteiger partial charge on any atom is -0.474 e. The summed E-state index contributed by atoms with van der Waals surface area (Å²) >= 11 is 0. The number of hydrogen-bond donors (Lipinski definition) is 1. The fourth-order valence-electron chi connectivity index (χ4n) is 6.25. The minimum atomic E-state index is -2.81. The van der Waals surface area contributed by atoms with Crippen LogP contribution < -0.4 is 15.0 Å². The number of morpholine rings is 1. The summed E-state index contributed by atoms with van der Waals surface area (Å²) in [7, 11) is 0. The molecular formula is C31H39F2N7O5. The third-order valence-corrected chi connectivity index (χ3v) is 8.62. The van der Waals surface area contributed by atoms with E-state index in [-0.39, 0.29) is 23.9 Å². The lowest BCUT2D eigenvalue weighted by atomic mass is 9.92. The molecule has 0 radical (unpaired) electrons. The second-order valence-corrected chi connectivity index (χ2v) is 11.6. The maximum atomic E-state index is 14.2. The molecule has 1 atom stereocenters. The molecule has 3 fully saturated rings. The first-order chi connectivity index (χ1) is 21.9. The highest BCUT2D eigenvalue weighted by Gasteiger charge is 2.39. The molecule has 6 rings (SSSR count). The number of halogens is 2. The number of carbonyl (C=O) groups excluding carboxylic acids is 2. The van der Waals surface area contributed by atoms with Crippen LogP contribution in [-0.4, -0.2) is 94.1 Å². The Hall–Kier alpha value is -4.07. The molecule has 1 aliphatic carbocycles. The van der Waals surface area contributed by atoms with Crippen molar-refractivity contribution < 1.29 is 32.6 Å². The molecule has 1 N–H and O–H groups in total. The molecule has 2 aromatic heterocycles. The van der Waals surface area contributed by atoms with Crippen molar-refractivity contribution in [2.24, 2.45) is 0 Å². The molecular weight excluding hydrogens is 588 g/mol. The molecule has 0 spiro atoms. The Kier molecular flexibility index (Phi) is 9.57. The Bertz CT molecular complexity index is 1490. The second kappa shape index (κ2) is 13.9. The summed E-state index contributed by atoms with van der Waals surface area (Å²) < 4.78 is 46.8. The van der Waals surface area contributed by atoms with Gasteiger partial charge in [-0.2, -0.15) is 9.97 Å². The van der Waals surface area contributed by atoms with Gasteiger partial charge in [0.1, 0.15) is 18.0 Å². The fourth-order valence-corrected chi connectivity index (χ4v) is 6.25. The molecule has 1 aromatic carbocycles. The number of benzene rings is 1. The zero-order chi connectivity index (χ0) is 31.3. The topological polar surface area (TPSA) is 124 Å². The Morgan fingerprint density at radius 2 is 1.84 bits per heavy atom. The molecule has 4 heterocycles. The molecule has 242 valence electrons. The normalized spacial score (nSPS) is 22.3. The van der Waals surface area contributed by atoms with Crippen LogP contribution in [0.15, 0.2) is 30.3 Å². The number of imidazole rings is 1. The zero-order valence-electron chi connectivity index (χ0n) is 25.4. The summed E-state index contributed by atoms with van der Waals surface area (Å²) in [6.45, 7) is 5.09. The van der Waals surface area contributed by atoms with E-state index >= 15 is 0 Å². The first-order valence-electron chi connectivity index (χ1n) is 15.8. The molecule has 2 saturated heterocycles. The molecule has 0 unspecified atom stereocenters. The number of nitrogens with one attached hydrogen (secondary N) is 1. The number of carbonyl (C=O) groups is 2. The molecule has 2 aliphatic heterocycles. The zero-order valence-corrected chi connectivity index (χ0v) is 25.4. The molecule has 12 nitrogen and oxygen atoms in total. The van der Waals surface area contributed by atoms with Crippen LogP contribution in [0.4, 0.5) is 19.5 Å². The Morgan fingerprint density at radius 1 is 1.07 bits per heavy atom. The van der Waals surface area contributed by atoms with Gasteiger partial charge in [-0.05, 0) is 50.7 Å². The maximum Gasteiger partial charge on any atom is 0.407 e. The van der Waals surface area contributed by atoms with Crippen molar-refractivity contribution in [2.75, 3.05) is 44.4 Å². The van der Waals surface area contributed by atoms with E-state index in [1.807, 2.05) is 16.7 Å². The number of fused-ring (bicyclic) bond motifs is 1. The number of alkyl halides is 2. The first-order valence-corrected chi connectivity index (χ1v) is 15.8. The second-order valence-electron chi connectivity index (χ2n) is 11.6. The van der Waals surface area contributed by atoms with E-state index in [0.29, 0.717) is 81.6 Å². The summed E-state index contributed by atoms with van der Waals surface area (Å²) in [6, 6.07) is 8.05. The number of ether oxygens (including phenoxy) is 3. The van der Waals surface area contributed by atoms with Crippen molar-refractivity contribution in [2.45, 2.75) is 76.5 Å². The number of aromatic nitrogens is 4. The Balaban J connectivity index is 1.15. The number of hydrogen-bond acceptors (Lipinski definition) is 9. The van der Waals surface area contributed by atoms with Gasteiger partial charge in [-0.25, -0.2) is 18.6 Å². The number of unbranched alkanes of at least 4 members (excludes halogenated alkanes) is 1. The first kappa shape index (κ1) is 30.9. The molecule has 1 saturated carbocycles. The molecule has 3 aromatic rings. The van der Waals surface area contributed by atoms with Crippen LogP contribution >= 0.6 is 0 Å². The minimum absolute atomic E-state index is 0.0519. The van der Waals surface area contributed by atoms with Crippen LogP contribution in [0.25, 0.3) is 16.9 Å². The number of nitrogens with zero attached hydrogens (tertiary/aromatic N) is 6. The van der Waals surface area contributed by atoms with Gasteiger partial charge in [-0.1, -0.05) is 25.5 Å². The van der Waals surface area contributed by atoms with Crippen molar-refractivity contribution in [1.29, 1.82) is 0 Å². The molecule has 0 bridgehead atoms. The van der Waals surface area contributed by atoms with E-state index < -0.39 is 24.4 Å². The van der Waals surface area contributed by atoms with Gasteiger partial charge < -0.3 is 29.3 Å². The van der Waals surface area contributed by atoms with Crippen LogP contribution in [0, 0.1) is 0 Å². The van der Waals surface area contributed by atoms with Crippen LogP contribution in [0.1, 0.15) is 64.1 Å². The Labute approximate surface area is 260 Å². The average Bonchev–Trinajstić information content (AvgIpc) is 3.62. The lowest BCUT2D eigenvalue weighted by molar-refractivity contribution is -0.132. The predicted molar refractivity (Wildman–Crippen MR) is 161 cm³/mol. The summed E-state index contributed by atoms with van der Waals surface area (Å²) in [6.07, 6.45) is 1.57. The van der Waals surface area contributed by atoms with Gasteiger partial charge in [0.15, 0.2) is 5.82 Å². The van der Waals surface area contributed by atoms with Crippen molar-refractivity contribution >= 4 is 29.0 Å². The number of anilines is 1. The molecule has 3 aliphatic rings. The molecule has 14 heteroatoms. The van der Waals surface area contributed by atoms with Crippen LogP contribution in [-0.2, 0) is 14.3 Å². The highest BCUT2D eigenvalue weighted by Crippen LogP contribution is 2.32. The van der Waals surface area contributed by atoms with E-state index in [4.69, 9.17) is 19.2 Å². The predicted octanol–water partition coefficient (Wildman–Crippen LogP) is 4.41. The quantitative estimate of drug-likeness (QED) is 0.326. The van der Waals surface area contributed by atoms with Crippen molar-refractivity contribution in [3.63, 3.8) is 0 Å². The van der Waals surface area contributed by atoms with Gasteiger partial charge >= 0.3 is 6.09 Å². The van der Waals surface area contributed by atoms with Gasteiger partial charge in [0.25, 0.3) is 6.43 Å². The van der Waals surface area contributed by atoms with Crippen molar-refractivity contribution in [1.82, 2.24) is 29.7 Å².